The number of carbonyl (C=O) groups is 1. The van der Waals surface area contributed by atoms with E-state index in [1.165, 1.54) is 0 Å². The quantitative estimate of drug-likeness (QED) is 0.0859. The van der Waals surface area contributed by atoms with Gasteiger partial charge in [-0.3, -0.25) is 4.79 Å². The van der Waals surface area contributed by atoms with Gasteiger partial charge in [-0.05, 0) is 32.1 Å². The van der Waals surface area contributed by atoms with Crippen LogP contribution in [0.4, 0.5) is 8.78 Å². The molecular formula is C27H51F2N7O11. The van der Waals surface area contributed by atoms with Gasteiger partial charge in [0.25, 0.3) is 11.8 Å². The highest BCUT2D eigenvalue weighted by molar-refractivity contribution is 5.82. The molecule has 0 aromatic rings. The first-order valence-corrected chi connectivity index (χ1v) is 15.9. The molecule has 16 atom stereocenters. The van der Waals surface area contributed by atoms with Crippen LogP contribution in [0.3, 0.4) is 0 Å². The Bertz CT molecular complexity index is 1010. The zero-order chi connectivity index (χ0) is 34.6. The first kappa shape index (κ1) is 38.5. The molecule has 1 amide bonds. The van der Waals surface area contributed by atoms with Crippen molar-refractivity contribution < 1.29 is 62.4 Å². The molecule has 0 aromatic carbocycles. The molecule has 274 valence electrons. The lowest BCUT2D eigenvalue weighted by molar-refractivity contribution is -0.288. The van der Waals surface area contributed by atoms with E-state index < -0.39 is 111 Å². The minimum absolute atomic E-state index is 0.183. The SMILES string of the molecule is NCC1CCC(N)C(OC2C(CO)OC(OC3C(O)C(NC(=O)C(O)C(F)(F)CN)CC(N)C3OC3OC(CN)CCC3N)C2O)O1. The minimum Gasteiger partial charge on any atom is -0.394 e. The van der Waals surface area contributed by atoms with Crippen LogP contribution in [0.2, 0.25) is 0 Å². The summed E-state index contributed by atoms with van der Waals surface area (Å²) in [6, 6.07) is -3.57. The average Bonchev–Trinajstić information content (AvgIpc) is 3.35. The molecule has 1 aliphatic carbocycles. The van der Waals surface area contributed by atoms with Gasteiger partial charge in [0, 0.05) is 19.1 Å². The fourth-order valence-electron chi connectivity index (χ4n) is 6.24. The van der Waals surface area contributed by atoms with Crippen molar-refractivity contribution in [2.24, 2.45) is 34.4 Å². The number of carbonyl (C=O) groups excluding carboxylic acids is 1. The number of nitrogens with one attached hydrogen (secondary N) is 1. The van der Waals surface area contributed by atoms with Gasteiger partial charge in [0.1, 0.15) is 36.6 Å². The predicted octanol–water partition coefficient (Wildman–Crippen LogP) is -5.67. The molecule has 0 spiro atoms. The molecule has 0 radical (unpaired) electrons. The molecule has 4 rings (SSSR count). The molecular weight excluding hydrogens is 636 g/mol. The van der Waals surface area contributed by atoms with Crippen molar-refractivity contribution in [1.82, 2.24) is 5.32 Å². The Balaban J connectivity index is 1.55. The number of aliphatic hydroxyl groups is 4. The Morgan fingerprint density at radius 2 is 1.34 bits per heavy atom. The Hall–Kier alpha value is -1.31. The van der Waals surface area contributed by atoms with E-state index in [9.17, 15) is 34.0 Å². The highest BCUT2D eigenvalue weighted by atomic mass is 19.3. The molecule has 20 heteroatoms. The molecule has 0 bridgehead atoms. The smallest absolute Gasteiger partial charge is 0.294 e. The van der Waals surface area contributed by atoms with Crippen molar-refractivity contribution in [2.45, 2.75) is 136 Å². The number of hydrogen-bond acceptors (Lipinski definition) is 17. The number of aliphatic hydroxyl groups excluding tert-OH is 4. The zero-order valence-corrected chi connectivity index (χ0v) is 26.0. The summed E-state index contributed by atoms with van der Waals surface area (Å²) in [5.74, 6) is -5.46. The fourth-order valence-corrected chi connectivity index (χ4v) is 6.24. The largest absolute Gasteiger partial charge is 0.394 e. The highest BCUT2D eigenvalue weighted by Gasteiger charge is 2.54. The molecule has 3 saturated heterocycles. The normalized spacial score (nSPS) is 43.9. The monoisotopic (exact) mass is 687 g/mol. The number of hydrogen-bond donors (Lipinski definition) is 11. The molecule has 4 fully saturated rings. The summed E-state index contributed by atoms with van der Waals surface area (Å²) in [7, 11) is 0. The lowest BCUT2D eigenvalue weighted by atomic mass is 9.83. The molecule has 17 N–H and O–H groups in total. The van der Waals surface area contributed by atoms with Gasteiger partial charge in [0.15, 0.2) is 25.0 Å². The summed E-state index contributed by atoms with van der Waals surface area (Å²) in [5.41, 5.74) is 35.3. The van der Waals surface area contributed by atoms with E-state index in [1.807, 2.05) is 0 Å². The van der Waals surface area contributed by atoms with Crippen LogP contribution in [0, 0.1) is 0 Å². The van der Waals surface area contributed by atoms with E-state index in [0.717, 1.165) is 0 Å². The second-order valence-corrected chi connectivity index (χ2v) is 12.6. The lowest BCUT2D eigenvalue weighted by Crippen LogP contribution is -2.67. The number of halogens is 2. The second-order valence-electron chi connectivity index (χ2n) is 12.6. The molecule has 16 unspecified atom stereocenters. The summed E-state index contributed by atoms with van der Waals surface area (Å²) in [5, 5.41) is 44.9. The summed E-state index contributed by atoms with van der Waals surface area (Å²) in [6.45, 7) is -1.53. The fraction of sp³-hybridized carbons (Fsp3) is 0.963. The summed E-state index contributed by atoms with van der Waals surface area (Å²) >= 11 is 0. The second kappa shape index (κ2) is 16.6. The maximum Gasteiger partial charge on any atom is 0.294 e. The Morgan fingerprint density at radius 3 is 1.85 bits per heavy atom. The highest BCUT2D eigenvalue weighted by Crippen LogP contribution is 2.34. The summed E-state index contributed by atoms with van der Waals surface area (Å²) in [6.07, 6.45) is -13.5. The van der Waals surface area contributed by atoms with Crippen molar-refractivity contribution in [3.05, 3.63) is 0 Å². The van der Waals surface area contributed by atoms with Gasteiger partial charge in [0.05, 0.1) is 43.5 Å². The van der Waals surface area contributed by atoms with E-state index in [2.05, 4.69) is 5.32 Å². The summed E-state index contributed by atoms with van der Waals surface area (Å²) in [4.78, 5) is 12.6. The first-order valence-electron chi connectivity index (χ1n) is 15.9. The topological polar surface area (TPSA) is 322 Å². The van der Waals surface area contributed by atoms with Crippen molar-refractivity contribution >= 4 is 5.91 Å². The Kier molecular flexibility index (Phi) is 13.6. The molecule has 4 aliphatic rings. The van der Waals surface area contributed by atoms with E-state index in [0.29, 0.717) is 25.7 Å². The standard InChI is InChI=1S/C27H51F2N7O11/c28-27(29,9-32)22(40)23(41)36-15-5-14(35)19(45-24-12(33)3-1-10(6-30)42-24)21(17(15)38)47-26-18(39)20(16(8-37)44-26)46-25-13(34)4-2-11(7-31)43-25/h10-22,24-26,37-40H,1-9,30-35H2,(H,36,41). The number of amides is 1. The van der Waals surface area contributed by atoms with Crippen LogP contribution in [-0.2, 0) is 33.2 Å². The third-order valence-electron chi connectivity index (χ3n) is 9.14. The number of alkyl halides is 2. The van der Waals surface area contributed by atoms with Crippen LogP contribution in [0.5, 0.6) is 0 Å². The van der Waals surface area contributed by atoms with Crippen LogP contribution < -0.4 is 39.7 Å². The molecule has 3 aliphatic heterocycles. The third-order valence-corrected chi connectivity index (χ3v) is 9.14. The predicted molar refractivity (Wildman–Crippen MR) is 157 cm³/mol. The van der Waals surface area contributed by atoms with Gasteiger partial charge in [-0.25, -0.2) is 8.78 Å². The molecule has 47 heavy (non-hydrogen) atoms. The van der Waals surface area contributed by atoms with E-state index in [1.54, 1.807) is 0 Å². The van der Waals surface area contributed by atoms with Gasteiger partial charge in [-0.2, -0.15) is 0 Å². The van der Waals surface area contributed by atoms with Gasteiger partial charge in [-0.1, -0.05) is 0 Å². The van der Waals surface area contributed by atoms with Crippen LogP contribution >= 0.6 is 0 Å². The van der Waals surface area contributed by atoms with Gasteiger partial charge in [0.2, 0.25) is 0 Å². The van der Waals surface area contributed by atoms with Crippen molar-refractivity contribution in [1.29, 1.82) is 0 Å². The van der Waals surface area contributed by atoms with Gasteiger partial charge < -0.3 is 88.6 Å². The van der Waals surface area contributed by atoms with Crippen LogP contribution in [0.25, 0.3) is 0 Å². The molecule has 3 heterocycles. The van der Waals surface area contributed by atoms with Crippen molar-refractivity contribution in [3.8, 4) is 0 Å². The summed E-state index contributed by atoms with van der Waals surface area (Å²) < 4.78 is 63.6. The van der Waals surface area contributed by atoms with Gasteiger partial charge >= 0.3 is 0 Å². The van der Waals surface area contributed by atoms with Crippen LogP contribution in [0.15, 0.2) is 0 Å². The zero-order valence-electron chi connectivity index (χ0n) is 26.0. The number of nitrogens with two attached hydrogens (primary N) is 6. The van der Waals surface area contributed by atoms with Crippen LogP contribution in [-0.4, -0.2) is 156 Å². The molecule has 18 nitrogen and oxygen atoms in total. The number of ether oxygens (including phenoxy) is 6. The van der Waals surface area contributed by atoms with Crippen LogP contribution in [0.1, 0.15) is 32.1 Å². The lowest BCUT2D eigenvalue weighted by Gasteiger charge is -2.46. The van der Waals surface area contributed by atoms with E-state index in [4.69, 9.17) is 62.8 Å². The molecule has 1 saturated carbocycles. The average molecular weight is 688 g/mol. The third kappa shape index (κ3) is 8.89. The maximum atomic E-state index is 14.0. The first-order chi connectivity index (χ1) is 22.2. The Morgan fingerprint density at radius 1 is 0.809 bits per heavy atom. The van der Waals surface area contributed by atoms with Gasteiger partial charge in [-0.15, -0.1) is 0 Å². The number of rotatable bonds is 13. The maximum absolute atomic E-state index is 14.0. The van der Waals surface area contributed by atoms with E-state index >= 15 is 0 Å². The Labute approximate surface area is 270 Å². The van der Waals surface area contributed by atoms with E-state index in [-0.39, 0.29) is 31.7 Å². The van der Waals surface area contributed by atoms with Crippen molar-refractivity contribution in [3.63, 3.8) is 0 Å². The minimum atomic E-state index is -3.95. The molecule has 0 aromatic heterocycles. The van der Waals surface area contributed by atoms with Crippen molar-refractivity contribution in [2.75, 3.05) is 26.2 Å².